The van der Waals surface area contributed by atoms with Crippen LogP contribution in [0.25, 0.3) is 0 Å². The second-order valence-electron chi connectivity index (χ2n) is 4.48. The zero-order valence-electron chi connectivity index (χ0n) is 12.6. The Morgan fingerprint density at radius 3 is 2.61 bits per heavy atom. The second kappa shape index (κ2) is 7.82. The first-order chi connectivity index (χ1) is 11.0. The predicted octanol–water partition coefficient (Wildman–Crippen LogP) is 3.71. The Bertz CT molecular complexity index is 710. The first-order valence-corrected chi connectivity index (χ1v) is 7.61. The van der Waals surface area contributed by atoms with Gasteiger partial charge in [0, 0.05) is 11.0 Å². The van der Waals surface area contributed by atoms with Gasteiger partial charge < -0.3 is 14.8 Å². The van der Waals surface area contributed by atoms with Crippen LogP contribution in [0.2, 0.25) is 0 Å². The largest absolute Gasteiger partial charge is 0.497 e. The first-order valence-electron chi connectivity index (χ1n) is 6.63. The number of carbonyl (C=O) groups is 1. The van der Waals surface area contributed by atoms with Gasteiger partial charge in [-0.15, -0.1) is 11.8 Å². The molecule has 1 amide bonds. The van der Waals surface area contributed by atoms with Crippen molar-refractivity contribution in [3.05, 3.63) is 48.0 Å². The lowest BCUT2D eigenvalue weighted by atomic mass is 10.2. The molecule has 7 heteroatoms. The van der Waals surface area contributed by atoms with Gasteiger partial charge in [-0.1, -0.05) is 0 Å². The van der Waals surface area contributed by atoms with E-state index in [9.17, 15) is 13.6 Å². The Labute approximate surface area is 136 Å². The van der Waals surface area contributed by atoms with Crippen LogP contribution < -0.4 is 14.8 Å². The van der Waals surface area contributed by atoms with E-state index in [1.165, 1.54) is 14.2 Å². The van der Waals surface area contributed by atoms with Gasteiger partial charge in [-0.3, -0.25) is 4.79 Å². The standard InChI is InChI=1S/C16H15F2NO3S/c1-21-11-4-6-14(22-2)13(8-11)19-16(20)9-23-15-7-10(17)3-5-12(15)18/h3-8H,9H2,1-2H3,(H,19,20). The lowest BCUT2D eigenvalue weighted by Crippen LogP contribution is -2.15. The van der Waals surface area contributed by atoms with Gasteiger partial charge in [-0.2, -0.15) is 0 Å². The number of methoxy groups -OCH3 is 2. The van der Waals surface area contributed by atoms with Gasteiger partial charge >= 0.3 is 0 Å². The topological polar surface area (TPSA) is 47.6 Å². The number of thioether (sulfide) groups is 1. The number of rotatable bonds is 6. The van der Waals surface area contributed by atoms with Crippen LogP contribution in [0.3, 0.4) is 0 Å². The van der Waals surface area contributed by atoms with Crippen LogP contribution in [0.5, 0.6) is 11.5 Å². The number of halogens is 2. The van der Waals surface area contributed by atoms with E-state index in [1.807, 2.05) is 0 Å². The smallest absolute Gasteiger partial charge is 0.234 e. The lowest BCUT2D eigenvalue weighted by Gasteiger charge is -2.11. The number of ether oxygens (including phenoxy) is 2. The van der Waals surface area contributed by atoms with Gasteiger partial charge in [0.05, 0.1) is 25.7 Å². The maximum absolute atomic E-state index is 13.5. The molecule has 0 unspecified atom stereocenters. The van der Waals surface area contributed by atoms with Gasteiger partial charge in [0.2, 0.25) is 5.91 Å². The van der Waals surface area contributed by atoms with Crippen molar-refractivity contribution < 1.29 is 23.0 Å². The number of amides is 1. The molecule has 0 saturated carbocycles. The van der Waals surface area contributed by atoms with Crippen molar-refractivity contribution >= 4 is 23.4 Å². The summed E-state index contributed by atoms with van der Waals surface area (Å²) < 4.78 is 36.8. The van der Waals surface area contributed by atoms with E-state index in [4.69, 9.17) is 9.47 Å². The number of hydrogen-bond donors (Lipinski definition) is 1. The highest BCUT2D eigenvalue weighted by atomic mass is 32.2. The fraction of sp³-hybridized carbons (Fsp3) is 0.188. The van der Waals surface area contributed by atoms with Crippen molar-refractivity contribution in [3.63, 3.8) is 0 Å². The quantitative estimate of drug-likeness (QED) is 0.815. The number of anilines is 1. The van der Waals surface area contributed by atoms with Crippen LogP contribution in [-0.2, 0) is 4.79 Å². The highest BCUT2D eigenvalue weighted by Gasteiger charge is 2.11. The van der Waals surface area contributed by atoms with Crippen molar-refractivity contribution in [2.24, 2.45) is 0 Å². The van der Waals surface area contributed by atoms with Gasteiger partial charge in [0.15, 0.2) is 0 Å². The van der Waals surface area contributed by atoms with Crippen LogP contribution >= 0.6 is 11.8 Å². The van der Waals surface area contributed by atoms with E-state index >= 15 is 0 Å². The van der Waals surface area contributed by atoms with Crippen molar-refractivity contribution in [1.82, 2.24) is 0 Å². The molecule has 122 valence electrons. The molecule has 0 aliphatic heterocycles. The SMILES string of the molecule is COc1ccc(OC)c(NC(=O)CSc2cc(F)ccc2F)c1. The molecule has 0 spiro atoms. The van der Waals surface area contributed by atoms with E-state index in [2.05, 4.69) is 5.32 Å². The molecular weight excluding hydrogens is 324 g/mol. The Hall–Kier alpha value is -2.28. The van der Waals surface area contributed by atoms with Gasteiger partial charge in [-0.05, 0) is 30.3 Å². The summed E-state index contributed by atoms with van der Waals surface area (Å²) in [7, 11) is 2.99. The molecule has 0 aliphatic rings. The molecule has 23 heavy (non-hydrogen) atoms. The van der Waals surface area contributed by atoms with E-state index in [-0.39, 0.29) is 16.6 Å². The summed E-state index contributed by atoms with van der Waals surface area (Å²) in [5.74, 6) is -0.524. The number of carbonyl (C=O) groups excluding carboxylic acids is 1. The van der Waals surface area contributed by atoms with Gasteiger partial charge in [-0.25, -0.2) is 8.78 Å². The summed E-state index contributed by atoms with van der Waals surface area (Å²) in [6.07, 6.45) is 0. The predicted molar refractivity (Wildman–Crippen MR) is 85.3 cm³/mol. The molecule has 2 aromatic rings. The summed E-state index contributed by atoms with van der Waals surface area (Å²) in [5.41, 5.74) is 0.442. The Kier molecular flexibility index (Phi) is 5.81. The fourth-order valence-electron chi connectivity index (χ4n) is 1.83. The van der Waals surface area contributed by atoms with Crippen LogP contribution in [0.15, 0.2) is 41.3 Å². The molecule has 4 nitrogen and oxygen atoms in total. The second-order valence-corrected chi connectivity index (χ2v) is 5.49. The average molecular weight is 339 g/mol. The van der Waals surface area contributed by atoms with Crippen molar-refractivity contribution in [2.45, 2.75) is 4.90 Å². The Balaban J connectivity index is 2.03. The Morgan fingerprint density at radius 2 is 1.91 bits per heavy atom. The summed E-state index contributed by atoms with van der Waals surface area (Å²) in [4.78, 5) is 12.1. The van der Waals surface area contributed by atoms with Gasteiger partial charge in [0.25, 0.3) is 0 Å². The summed E-state index contributed by atoms with van der Waals surface area (Å²) in [6, 6.07) is 8.09. The van der Waals surface area contributed by atoms with Crippen LogP contribution in [0.1, 0.15) is 0 Å². The lowest BCUT2D eigenvalue weighted by molar-refractivity contribution is -0.113. The minimum atomic E-state index is -0.567. The van der Waals surface area contributed by atoms with E-state index < -0.39 is 11.6 Å². The zero-order chi connectivity index (χ0) is 16.8. The fourth-order valence-corrected chi connectivity index (χ4v) is 2.59. The normalized spacial score (nSPS) is 10.3. The third-order valence-electron chi connectivity index (χ3n) is 2.93. The number of hydrogen-bond acceptors (Lipinski definition) is 4. The number of nitrogens with one attached hydrogen (secondary N) is 1. The van der Waals surface area contributed by atoms with Crippen LogP contribution in [0, 0.1) is 11.6 Å². The van der Waals surface area contributed by atoms with E-state index in [1.54, 1.807) is 18.2 Å². The van der Waals surface area contributed by atoms with E-state index in [0.29, 0.717) is 17.2 Å². The summed E-state index contributed by atoms with van der Waals surface area (Å²) in [6.45, 7) is 0. The third-order valence-corrected chi connectivity index (χ3v) is 3.96. The van der Waals surface area contributed by atoms with E-state index in [0.717, 1.165) is 30.0 Å². The molecule has 0 aromatic heterocycles. The minimum absolute atomic E-state index is 0.0687. The molecule has 0 fully saturated rings. The molecule has 1 N–H and O–H groups in total. The van der Waals surface area contributed by atoms with Crippen LogP contribution in [0.4, 0.5) is 14.5 Å². The van der Waals surface area contributed by atoms with Crippen molar-refractivity contribution in [3.8, 4) is 11.5 Å². The minimum Gasteiger partial charge on any atom is -0.497 e. The third kappa shape index (κ3) is 4.59. The maximum atomic E-state index is 13.5. The molecule has 0 bridgehead atoms. The molecule has 0 aliphatic carbocycles. The monoisotopic (exact) mass is 339 g/mol. The summed E-state index contributed by atoms with van der Waals surface area (Å²) in [5, 5.41) is 2.66. The highest BCUT2D eigenvalue weighted by molar-refractivity contribution is 8.00. The van der Waals surface area contributed by atoms with Gasteiger partial charge in [0.1, 0.15) is 23.1 Å². The molecule has 0 radical (unpaired) electrons. The molecule has 2 aromatic carbocycles. The highest BCUT2D eigenvalue weighted by Crippen LogP contribution is 2.29. The van der Waals surface area contributed by atoms with Crippen LogP contribution in [-0.4, -0.2) is 25.9 Å². The molecular formula is C16H15F2NO3S. The molecule has 0 atom stereocenters. The number of benzene rings is 2. The van der Waals surface area contributed by atoms with Crippen molar-refractivity contribution in [2.75, 3.05) is 25.3 Å². The first kappa shape index (κ1) is 17.1. The maximum Gasteiger partial charge on any atom is 0.234 e. The molecule has 0 heterocycles. The summed E-state index contributed by atoms with van der Waals surface area (Å²) >= 11 is 0.913. The zero-order valence-corrected chi connectivity index (χ0v) is 13.4. The molecule has 2 rings (SSSR count). The average Bonchev–Trinajstić information content (AvgIpc) is 2.55. The molecule has 0 saturated heterocycles. The van der Waals surface area contributed by atoms with Crippen molar-refractivity contribution in [1.29, 1.82) is 0 Å². The Morgan fingerprint density at radius 1 is 1.13 bits per heavy atom.